The quantitative estimate of drug-likeness (QED) is 0.260. The van der Waals surface area contributed by atoms with Gasteiger partial charge in [0.05, 0.1) is 22.8 Å². The molecule has 0 saturated heterocycles. The number of aromatic nitrogens is 3. The van der Waals surface area contributed by atoms with Gasteiger partial charge in [0, 0.05) is 27.2 Å². The minimum Gasteiger partial charge on any atom is -0.455 e. The number of hydrogen-bond acceptors (Lipinski definition) is 3. The van der Waals surface area contributed by atoms with E-state index in [-0.39, 0.29) is 0 Å². The Morgan fingerprint density at radius 1 is 0.556 bits per heavy atom. The van der Waals surface area contributed by atoms with Crippen molar-refractivity contribution in [2.45, 2.75) is 0 Å². The van der Waals surface area contributed by atoms with Crippen LogP contribution in [-0.2, 0) is 0 Å². The second kappa shape index (κ2) is 7.27. The lowest BCUT2D eigenvalue weighted by Crippen LogP contribution is -1.98. The van der Waals surface area contributed by atoms with Crippen LogP contribution in [0.25, 0.3) is 71.7 Å². The fourth-order valence-electron chi connectivity index (χ4n) is 5.41. The summed E-state index contributed by atoms with van der Waals surface area (Å²) in [5, 5.41) is 5.55. The molecular formula is C32H19N3O. The minimum absolute atomic E-state index is 0.836. The summed E-state index contributed by atoms with van der Waals surface area (Å²) in [5.41, 5.74) is 6.59. The van der Waals surface area contributed by atoms with Crippen molar-refractivity contribution in [2.24, 2.45) is 0 Å². The van der Waals surface area contributed by atoms with Crippen molar-refractivity contribution in [3.05, 3.63) is 115 Å². The van der Waals surface area contributed by atoms with Gasteiger partial charge >= 0.3 is 0 Å². The number of benzene rings is 5. The summed E-state index contributed by atoms with van der Waals surface area (Å²) in [6, 6.07) is 37.6. The van der Waals surface area contributed by atoms with Crippen LogP contribution in [0.3, 0.4) is 0 Å². The summed E-state index contributed by atoms with van der Waals surface area (Å²) in [6.45, 7) is 0. The molecule has 0 atom stereocenters. The van der Waals surface area contributed by atoms with E-state index >= 15 is 0 Å². The molecular weight excluding hydrogens is 442 g/mol. The Bertz CT molecular complexity index is 2100. The van der Waals surface area contributed by atoms with Crippen molar-refractivity contribution in [3.8, 4) is 17.1 Å². The first kappa shape index (κ1) is 19.4. The summed E-state index contributed by atoms with van der Waals surface area (Å²) < 4.78 is 8.89. The van der Waals surface area contributed by atoms with Gasteiger partial charge in [-0.25, -0.2) is 4.98 Å². The highest BCUT2D eigenvalue weighted by molar-refractivity contribution is 6.17. The van der Waals surface area contributed by atoms with Gasteiger partial charge in [-0.2, -0.15) is 0 Å². The molecule has 0 spiro atoms. The first-order chi connectivity index (χ1) is 17.9. The Morgan fingerprint density at radius 3 is 2.22 bits per heavy atom. The first-order valence-corrected chi connectivity index (χ1v) is 12.0. The van der Waals surface area contributed by atoms with Crippen LogP contribution in [0.5, 0.6) is 0 Å². The van der Waals surface area contributed by atoms with Crippen LogP contribution in [0.4, 0.5) is 0 Å². The fraction of sp³-hybridized carbons (Fsp3) is 0. The molecule has 5 aromatic carbocycles. The molecule has 4 heteroatoms. The van der Waals surface area contributed by atoms with Crippen LogP contribution in [0.1, 0.15) is 0 Å². The monoisotopic (exact) mass is 461 g/mol. The average molecular weight is 462 g/mol. The highest BCUT2D eigenvalue weighted by Crippen LogP contribution is 2.40. The van der Waals surface area contributed by atoms with Gasteiger partial charge in [0.2, 0.25) is 0 Å². The molecule has 36 heavy (non-hydrogen) atoms. The Balaban J connectivity index is 1.53. The number of fused-ring (bicyclic) bond motifs is 8. The van der Waals surface area contributed by atoms with Crippen molar-refractivity contribution in [3.63, 3.8) is 0 Å². The molecule has 0 amide bonds. The molecule has 8 rings (SSSR count). The molecule has 0 bridgehead atoms. The van der Waals surface area contributed by atoms with Gasteiger partial charge in [-0.1, -0.05) is 78.9 Å². The first-order valence-electron chi connectivity index (χ1n) is 12.0. The largest absolute Gasteiger partial charge is 0.455 e. The van der Waals surface area contributed by atoms with E-state index in [4.69, 9.17) is 9.40 Å². The zero-order valence-corrected chi connectivity index (χ0v) is 19.2. The molecule has 0 aliphatic heterocycles. The van der Waals surface area contributed by atoms with Gasteiger partial charge in [0.25, 0.3) is 0 Å². The fourth-order valence-corrected chi connectivity index (χ4v) is 5.41. The lowest BCUT2D eigenvalue weighted by molar-refractivity contribution is 0.673. The van der Waals surface area contributed by atoms with E-state index in [1.165, 1.54) is 5.39 Å². The van der Waals surface area contributed by atoms with E-state index in [9.17, 15) is 0 Å². The maximum Gasteiger partial charge on any atom is 0.149 e. The topological polar surface area (TPSA) is 43.9 Å². The molecule has 4 nitrogen and oxygen atoms in total. The number of imidazole rings is 1. The van der Waals surface area contributed by atoms with Gasteiger partial charge in [0.15, 0.2) is 0 Å². The minimum atomic E-state index is 0.836. The molecule has 0 radical (unpaired) electrons. The Hall–Kier alpha value is -4.96. The summed E-state index contributed by atoms with van der Waals surface area (Å²) >= 11 is 0. The Kier molecular flexibility index (Phi) is 3.91. The lowest BCUT2D eigenvalue weighted by atomic mass is 10.0. The van der Waals surface area contributed by atoms with Crippen LogP contribution in [0.2, 0.25) is 0 Å². The van der Waals surface area contributed by atoms with Crippen LogP contribution in [0.15, 0.2) is 120 Å². The van der Waals surface area contributed by atoms with Crippen molar-refractivity contribution >= 4 is 54.6 Å². The Morgan fingerprint density at radius 2 is 1.31 bits per heavy atom. The van der Waals surface area contributed by atoms with E-state index in [0.717, 1.165) is 66.3 Å². The van der Waals surface area contributed by atoms with E-state index < -0.39 is 0 Å². The summed E-state index contributed by atoms with van der Waals surface area (Å²) in [6.07, 6.45) is 1.87. The highest BCUT2D eigenvalue weighted by Gasteiger charge is 2.21. The molecule has 3 aromatic heterocycles. The van der Waals surface area contributed by atoms with Crippen molar-refractivity contribution in [1.82, 2.24) is 14.5 Å². The van der Waals surface area contributed by atoms with E-state index in [1.807, 2.05) is 24.4 Å². The number of pyridine rings is 1. The Labute approximate surface area is 206 Å². The van der Waals surface area contributed by atoms with Gasteiger partial charge in [0.1, 0.15) is 22.5 Å². The molecule has 0 aliphatic rings. The van der Waals surface area contributed by atoms with Crippen molar-refractivity contribution < 1.29 is 4.42 Å². The smallest absolute Gasteiger partial charge is 0.149 e. The summed E-state index contributed by atoms with van der Waals surface area (Å²) in [7, 11) is 0. The van der Waals surface area contributed by atoms with Crippen LogP contribution in [0, 0.1) is 0 Å². The van der Waals surface area contributed by atoms with Crippen LogP contribution < -0.4 is 0 Å². The maximum absolute atomic E-state index is 6.66. The third-order valence-corrected chi connectivity index (χ3v) is 7.03. The number of hydrogen-bond donors (Lipinski definition) is 0. The number of para-hydroxylation sites is 3. The van der Waals surface area contributed by atoms with E-state index in [1.54, 1.807) is 0 Å². The third-order valence-electron chi connectivity index (χ3n) is 7.03. The summed E-state index contributed by atoms with van der Waals surface area (Å²) in [4.78, 5) is 9.82. The highest BCUT2D eigenvalue weighted by atomic mass is 16.3. The predicted octanol–water partition coefficient (Wildman–Crippen LogP) is 8.29. The normalized spacial score (nSPS) is 11.9. The molecule has 0 unspecified atom stereocenters. The second-order valence-corrected chi connectivity index (χ2v) is 9.06. The molecule has 0 aliphatic carbocycles. The molecule has 0 N–H and O–H groups in total. The zero-order valence-electron chi connectivity index (χ0n) is 19.2. The van der Waals surface area contributed by atoms with E-state index in [0.29, 0.717) is 0 Å². The summed E-state index contributed by atoms with van der Waals surface area (Å²) in [5.74, 6) is 0.836. The zero-order chi connectivity index (χ0) is 23.6. The number of rotatable bonds is 2. The predicted molar refractivity (Wildman–Crippen MR) is 147 cm³/mol. The molecule has 168 valence electrons. The van der Waals surface area contributed by atoms with Gasteiger partial charge < -0.3 is 4.42 Å². The SMILES string of the molecule is c1ccc(-n2c(-c3cccc4c3oc3c5ccccc5ccc43)nc3cnc4ccccc4c32)cc1. The number of nitrogens with zero attached hydrogens (tertiary/aromatic N) is 3. The molecule has 0 saturated carbocycles. The van der Waals surface area contributed by atoms with Crippen molar-refractivity contribution in [2.75, 3.05) is 0 Å². The third kappa shape index (κ3) is 2.64. The second-order valence-electron chi connectivity index (χ2n) is 9.06. The number of furan rings is 1. The van der Waals surface area contributed by atoms with Gasteiger partial charge in [-0.15, -0.1) is 0 Å². The van der Waals surface area contributed by atoms with Crippen molar-refractivity contribution in [1.29, 1.82) is 0 Å². The van der Waals surface area contributed by atoms with Gasteiger partial charge in [-0.05, 0) is 35.7 Å². The van der Waals surface area contributed by atoms with Gasteiger partial charge in [-0.3, -0.25) is 9.55 Å². The van der Waals surface area contributed by atoms with Crippen LogP contribution >= 0.6 is 0 Å². The standard InChI is InChI=1S/C32H19N3O/c1-2-10-21(11-3-1)35-29-25-13-6-7-16-27(25)33-19-28(29)34-32(35)26-15-8-14-23-24-18-17-20-9-4-5-12-22(20)30(24)36-31(23)26/h1-19H. The molecule has 8 aromatic rings. The van der Waals surface area contributed by atoms with E-state index in [2.05, 4.69) is 101 Å². The van der Waals surface area contributed by atoms with Crippen LogP contribution in [-0.4, -0.2) is 14.5 Å². The molecule has 0 fully saturated rings. The maximum atomic E-state index is 6.66. The lowest BCUT2D eigenvalue weighted by Gasteiger charge is -2.11. The molecule has 3 heterocycles. The average Bonchev–Trinajstić information content (AvgIpc) is 3.53.